The van der Waals surface area contributed by atoms with Gasteiger partial charge >= 0.3 is 12.0 Å². The highest BCUT2D eigenvalue weighted by Crippen LogP contribution is 2.32. The number of rotatable bonds is 5. The highest BCUT2D eigenvalue weighted by molar-refractivity contribution is 7.80. The number of halogens is 2. The number of nitrogens with zero attached hydrogens (tertiary/aromatic N) is 1. The first kappa shape index (κ1) is 23.8. The van der Waals surface area contributed by atoms with Crippen molar-refractivity contribution in [2.24, 2.45) is 0 Å². The van der Waals surface area contributed by atoms with Crippen LogP contribution in [0.5, 0.6) is 0 Å². The Hall–Kier alpha value is -2.81. The zero-order valence-electron chi connectivity index (χ0n) is 17.7. The number of hydrogen-bond donors (Lipinski definition) is 3. The monoisotopic (exact) mass is 492 g/mol. The van der Waals surface area contributed by atoms with E-state index in [2.05, 4.69) is 16.0 Å². The number of amides is 2. The highest BCUT2D eigenvalue weighted by atomic mass is 35.5. The van der Waals surface area contributed by atoms with E-state index in [1.54, 1.807) is 55.3 Å². The number of ether oxygens (including phenoxy) is 1. The highest BCUT2D eigenvalue weighted by Gasteiger charge is 2.33. The van der Waals surface area contributed by atoms with Crippen molar-refractivity contribution in [3.8, 4) is 0 Å². The van der Waals surface area contributed by atoms with E-state index in [0.29, 0.717) is 37.8 Å². The van der Waals surface area contributed by atoms with E-state index in [0.717, 1.165) is 5.56 Å². The minimum atomic E-state index is -0.527. The molecule has 32 heavy (non-hydrogen) atoms. The van der Waals surface area contributed by atoms with Crippen LogP contribution >= 0.6 is 35.4 Å². The Morgan fingerprint density at radius 1 is 1.16 bits per heavy atom. The van der Waals surface area contributed by atoms with Gasteiger partial charge in [0.1, 0.15) is 0 Å². The Balaban J connectivity index is 1.86. The van der Waals surface area contributed by atoms with Gasteiger partial charge in [-0.2, -0.15) is 0 Å². The molecule has 1 heterocycles. The molecule has 0 spiro atoms. The standard InChI is InChI=1S/C22H22Cl2N4O3S/c1-4-31-20(29)17-12(2)28(3)22(32)27-18(17)13-7-5-8-14(11-13)25-21(30)26-19-15(23)9-6-10-16(19)24/h5-11,18H,4H2,1-3H3,(H,27,32)(H2,25,26,30). The molecule has 2 aromatic rings. The molecule has 0 fully saturated rings. The lowest BCUT2D eigenvalue weighted by molar-refractivity contribution is -0.139. The number of anilines is 2. The Labute approximate surface area is 201 Å². The van der Waals surface area contributed by atoms with E-state index in [1.165, 1.54) is 0 Å². The molecule has 0 bridgehead atoms. The molecule has 0 saturated heterocycles. The summed E-state index contributed by atoms with van der Waals surface area (Å²) in [5.74, 6) is -0.429. The number of hydrogen-bond acceptors (Lipinski definition) is 4. The van der Waals surface area contributed by atoms with Crippen molar-refractivity contribution in [1.29, 1.82) is 0 Å². The molecule has 168 valence electrons. The quantitative estimate of drug-likeness (QED) is 0.386. The molecular weight excluding hydrogens is 471 g/mol. The molecule has 1 unspecified atom stereocenters. The van der Waals surface area contributed by atoms with E-state index in [1.807, 2.05) is 13.0 Å². The minimum absolute atomic E-state index is 0.253. The number of esters is 1. The van der Waals surface area contributed by atoms with E-state index < -0.39 is 18.0 Å². The summed E-state index contributed by atoms with van der Waals surface area (Å²) < 4.78 is 5.26. The van der Waals surface area contributed by atoms with Gasteiger partial charge in [0.05, 0.1) is 34.0 Å². The zero-order valence-corrected chi connectivity index (χ0v) is 20.0. The van der Waals surface area contributed by atoms with Crippen LogP contribution in [0.3, 0.4) is 0 Å². The second-order valence-corrected chi connectivity index (χ2v) is 8.16. The van der Waals surface area contributed by atoms with Crippen molar-refractivity contribution in [3.63, 3.8) is 0 Å². The smallest absolute Gasteiger partial charge is 0.338 e. The number of para-hydroxylation sites is 1. The summed E-state index contributed by atoms with van der Waals surface area (Å²) in [5, 5.41) is 9.70. The molecule has 3 N–H and O–H groups in total. The summed E-state index contributed by atoms with van der Waals surface area (Å²) in [6.45, 7) is 3.82. The van der Waals surface area contributed by atoms with Crippen molar-refractivity contribution in [2.75, 3.05) is 24.3 Å². The lowest BCUT2D eigenvalue weighted by Crippen LogP contribution is -2.46. The van der Waals surface area contributed by atoms with Gasteiger partial charge in [0.2, 0.25) is 0 Å². The van der Waals surface area contributed by atoms with Crippen molar-refractivity contribution in [2.45, 2.75) is 19.9 Å². The Kier molecular flexibility index (Phi) is 7.60. The third-order valence-corrected chi connectivity index (χ3v) is 5.95. The summed E-state index contributed by atoms with van der Waals surface area (Å²) in [5.41, 5.74) is 2.70. The normalized spacial score (nSPS) is 15.8. The van der Waals surface area contributed by atoms with Gasteiger partial charge in [0, 0.05) is 18.4 Å². The van der Waals surface area contributed by atoms with E-state index in [-0.39, 0.29) is 6.61 Å². The first-order chi connectivity index (χ1) is 15.2. The average molecular weight is 493 g/mol. The number of allylic oxidation sites excluding steroid dienone is 1. The predicted molar refractivity (Wildman–Crippen MR) is 131 cm³/mol. The van der Waals surface area contributed by atoms with Gasteiger partial charge in [-0.05, 0) is 55.9 Å². The van der Waals surface area contributed by atoms with E-state index in [4.69, 9.17) is 40.2 Å². The second kappa shape index (κ2) is 10.2. The molecule has 1 aliphatic rings. The van der Waals surface area contributed by atoms with Crippen LogP contribution in [0.15, 0.2) is 53.7 Å². The third-order valence-electron chi connectivity index (χ3n) is 4.93. The van der Waals surface area contributed by atoms with Crippen LogP contribution < -0.4 is 16.0 Å². The number of carbonyl (C=O) groups excluding carboxylic acids is 2. The largest absolute Gasteiger partial charge is 0.463 e. The molecule has 7 nitrogen and oxygen atoms in total. The van der Waals surface area contributed by atoms with Gasteiger partial charge in [-0.3, -0.25) is 0 Å². The molecule has 2 aromatic carbocycles. The SMILES string of the molecule is CCOC(=O)C1=C(C)N(C)C(=S)NC1c1cccc(NC(=O)Nc2c(Cl)cccc2Cl)c1. The van der Waals surface area contributed by atoms with Crippen LogP contribution in [-0.2, 0) is 9.53 Å². The molecule has 0 aromatic heterocycles. The molecule has 10 heteroatoms. The molecule has 3 rings (SSSR count). The van der Waals surface area contributed by atoms with Gasteiger partial charge in [0.25, 0.3) is 0 Å². The van der Waals surface area contributed by atoms with Crippen LogP contribution in [0, 0.1) is 0 Å². The minimum Gasteiger partial charge on any atom is -0.463 e. The predicted octanol–water partition coefficient (Wildman–Crippen LogP) is 5.34. The molecule has 1 atom stereocenters. The fourth-order valence-electron chi connectivity index (χ4n) is 3.25. The molecule has 0 radical (unpaired) electrons. The van der Waals surface area contributed by atoms with Crippen LogP contribution in [0.25, 0.3) is 0 Å². The molecule has 0 saturated carbocycles. The second-order valence-electron chi connectivity index (χ2n) is 6.96. The maximum atomic E-state index is 12.7. The zero-order chi connectivity index (χ0) is 23.4. The maximum Gasteiger partial charge on any atom is 0.338 e. The fourth-order valence-corrected chi connectivity index (χ4v) is 3.99. The first-order valence-corrected chi connectivity index (χ1v) is 10.9. The Morgan fingerprint density at radius 3 is 2.47 bits per heavy atom. The molecule has 2 amide bonds. The number of thiocarbonyl (C=S) groups is 1. The lowest BCUT2D eigenvalue weighted by atomic mass is 9.95. The summed E-state index contributed by atoms with van der Waals surface area (Å²) >= 11 is 17.6. The van der Waals surface area contributed by atoms with E-state index >= 15 is 0 Å². The summed E-state index contributed by atoms with van der Waals surface area (Å²) in [6, 6.07) is 11.0. The fraction of sp³-hybridized carbons (Fsp3) is 0.227. The first-order valence-electron chi connectivity index (χ1n) is 9.77. The van der Waals surface area contributed by atoms with Crippen LogP contribution in [0.2, 0.25) is 10.0 Å². The van der Waals surface area contributed by atoms with Crippen LogP contribution in [0.1, 0.15) is 25.5 Å². The summed E-state index contributed by atoms with van der Waals surface area (Å²) in [6.07, 6.45) is 0. The lowest BCUT2D eigenvalue weighted by Gasteiger charge is -2.35. The van der Waals surface area contributed by atoms with Crippen molar-refractivity contribution >= 4 is 63.9 Å². The number of benzene rings is 2. The summed E-state index contributed by atoms with van der Waals surface area (Å²) in [4.78, 5) is 26.9. The molecular formula is C22H22Cl2N4O3S. The average Bonchev–Trinajstić information content (AvgIpc) is 2.74. The third kappa shape index (κ3) is 5.15. The maximum absolute atomic E-state index is 12.7. The van der Waals surface area contributed by atoms with Gasteiger partial charge in [-0.15, -0.1) is 0 Å². The molecule has 0 aliphatic carbocycles. The van der Waals surface area contributed by atoms with Gasteiger partial charge < -0.3 is 25.6 Å². The summed E-state index contributed by atoms with van der Waals surface area (Å²) in [7, 11) is 1.78. The van der Waals surface area contributed by atoms with E-state index in [9.17, 15) is 9.59 Å². The van der Waals surface area contributed by atoms with Gasteiger partial charge in [-0.1, -0.05) is 41.4 Å². The number of urea groups is 1. The van der Waals surface area contributed by atoms with Crippen LogP contribution in [-0.4, -0.2) is 35.7 Å². The Morgan fingerprint density at radius 2 is 1.81 bits per heavy atom. The van der Waals surface area contributed by atoms with Crippen molar-refractivity contribution in [3.05, 3.63) is 69.3 Å². The van der Waals surface area contributed by atoms with Gasteiger partial charge in [0.15, 0.2) is 5.11 Å². The van der Waals surface area contributed by atoms with Crippen molar-refractivity contribution in [1.82, 2.24) is 10.2 Å². The van der Waals surface area contributed by atoms with Crippen LogP contribution in [0.4, 0.5) is 16.2 Å². The van der Waals surface area contributed by atoms with Gasteiger partial charge in [-0.25, -0.2) is 9.59 Å². The number of carbonyl (C=O) groups is 2. The Bertz CT molecular complexity index is 1090. The molecule has 1 aliphatic heterocycles. The topological polar surface area (TPSA) is 82.7 Å². The number of nitrogens with one attached hydrogen (secondary N) is 3. The van der Waals surface area contributed by atoms with Crippen molar-refractivity contribution < 1.29 is 14.3 Å².